The topological polar surface area (TPSA) is 128 Å². The smallest absolute Gasteiger partial charge is 0.349 e. The van der Waals surface area contributed by atoms with Crippen molar-refractivity contribution in [3.8, 4) is 16.2 Å². The van der Waals surface area contributed by atoms with E-state index in [0.717, 1.165) is 48.5 Å². The number of aromatic carboxylic acids is 1. The molecule has 0 spiro atoms. The standard InChI is InChI=1S/C28H30ClN3O6S/c1-16-5-3-8-20(13-16)32(2)27(35)23(17-9-11-30-12-10-17)31-19-7-4-6-18(14-19)25-22(29)24(38-15-21(33)34)26(39-25)28(36)37/h3-8,13-14,17,23,30-31H,9-12,15H2,1-2H3,(H,33,34)(H,36,37). The summed E-state index contributed by atoms with van der Waals surface area (Å²) in [5.74, 6) is -2.63. The predicted octanol–water partition coefficient (Wildman–Crippen LogP) is 4.98. The average Bonchev–Trinajstić information content (AvgIpc) is 3.26. The number of likely N-dealkylation sites (N-methyl/N-ethyl adjacent to an activating group) is 1. The van der Waals surface area contributed by atoms with E-state index < -0.39 is 24.6 Å². The molecule has 1 atom stereocenters. The van der Waals surface area contributed by atoms with Crippen LogP contribution >= 0.6 is 22.9 Å². The predicted molar refractivity (Wildman–Crippen MR) is 152 cm³/mol. The lowest BCUT2D eigenvalue weighted by Crippen LogP contribution is -2.48. The van der Waals surface area contributed by atoms with E-state index in [2.05, 4.69) is 10.6 Å². The van der Waals surface area contributed by atoms with E-state index in [4.69, 9.17) is 21.4 Å². The van der Waals surface area contributed by atoms with Gasteiger partial charge in [-0.1, -0.05) is 35.9 Å². The number of aryl methyl sites for hydroxylation is 1. The number of hydrogen-bond acceptors (Lipinski definition) is 7. The summed E-state index contributed by atoms with van der Waals surface area (Å²) in [4.78, 5) is 38.5. The van der Waals surface area contributed by atoms with Gasteiger partial charge in [-0.3, -0.25) is 4.79 Å². The lowest BCUT2D eigenvalue weighted by Gasteiger charge is -2.34. The highest BCUT2D eigenvalue weighted by Crippen LogP contribution is 2.46. The van der Waals surface area contributed by atoms with Crippen LogP contribution in [-0.2, 0) is 9.59 Å². The second-order valence-corrected chi connectivity index (χ2v) is 10.8. The molecule has 0 aliphatic carbocycles. The zero-order chi connectivity index (χ0) is 28.1. The molecule has 2 aromatic carbocycles. The SMILES string of the molecule is Cc1cccc(N(C)C(=O)C(Nc2cccc(-c3sc(C(=O)O)c(OCC(=O)O)c3Cl)c2)C2CCNCC2)c1. The van der Waals surface area contributed by atoms with Crippen molar-refractivity contribution in [1.29, 1.82) is 0 Å². The minimum Gasteiger partial charge on any atom is -0.479 e. The van der Waals surface area contributed by atoms with Crippen molar-refractivity contribution in [2.45, 2.75) is 25.8 Å². The van der Waals surface area contributed by atoms with Gasteiger partial charge in [0, 0.05) is 18.4 Å². The Kier molecular flexibility index (Phi) is 9.11. The number of hydrogen-bond donors (Lipinski definition) is 4. The fourth-order valence-electron chi connectivity index (χ4n) is 4.65. The molecule has 3 aromatic rings. The van der Waals surface area contributed by atoms with E-state index in [1.54, 1.807) is 30.1 Å². The Bertz CT molecular complexity index is 1370. The minimum absolute atomic E-state index is 0.0287. The molecule has 1 saturated heterocycles. The number of benzene rings is 2. The van der Waals surface area contributed by atoms with Gasteiger partial charge in [-0.15, -0.1) is 11.3 Å². The van der Waals surface area contributed by atoms with Crippen molar-refractivity contribution >= 4 is 52.2 Å². The van der Waals surface area contributed by atoms with E-state index in [1.165, 1.54) is 0 Å². The van der Waals surface area contributed by atoms with Crippen LogP contribution in [0.5, 0.6) is 5.75 Å². The number of thiophene rings is 1. The van der Waals surface area contributed by atoms with Gasteiger partial charge in [0.25, 0.3) is 0 Å². The zero-order valence-electron chi connectivity index (χ0n) is 21.6. The Morgan fingerprint density at radius 2 is 1.87 bits per heavy atom. The van der Waals surface area contributed by atoms with Crippen LogP contribution in [0.2, 0.25) is 5.02 Å². The molecule has 0 bridgehead atoms. The Labute approximate surface area is 235 Å². The first kappa shape index (κ1) is 28.4. The van der Waals surface area contributed by atoms with Gasteiger partial charge in [0.15, 0.2) is 17.2 Å². The van der Waals surface area contributed by atoms with Crippen LogP contribution in [0.25, 0.3) is 10.4 Å². The van der Waals surface area contributed by atoms with Crippen LogP contribution in [0.3, 0.4) is 0 Å². The van der Waals surface area contributed by atoms with Crippen molar-refractivity contribution in [2.75, 3.05) is 37.0 Å². The lowest BCUT2D eigenvalue weighted by atomic mass is 9.89. The number of carbonyl (C=O) groups excluding carboxylic acids is 1. The summed E-state index contributed by atoms with van der Waals surface area (Å²) in [5.41, 5.74) is 3.17. The second kappa shape index (κ2) is 12.5. The fraction of sp³-hybridized carbons (Fsp3) is 0.321. The van der Waals surface area contributed by atoms with Crippen LogP contribution in [-0.4, -0.2) is 60.8 Å². The van der Waals surface area contributed by atoms with Gasteiger partial charge < -0.3 is 30.5 Å². The largest absolute Gasteiger partial charge is 0.479 e. The third kappa shape index (κ3) is 6.70. The maximum atomic E-state index is 13.8. The summed E-state index contributed by atoms with van der Waals surface area (Å²) in [6.07, 6.45) is 1.68. The molecule has 0 saturated carbocycles. The molecule has 39 heavy (non-hydrogen) atoms. The van der Waals surface area contributed by atoms with E-state index in [1.807, 2.05) is 37.3 Å². The van der Waals surface area contributed by atoms with Gasteiger partial charge in [-0.05, 0) is 74.2 Å². The first-order chi connectivity index (χ1) is 18.7. The summed E-state index contributed by atoms with van der Waals surface area (Å²) in [6.45, 7) is 2.92. The quantitative estimate of drug-likeness (QED) is 0.268. The number of ether oxygens (including phenoxy) is 1. The number of nitrogens with one attached hydrogen (secondary N) is 2. The van der Waals surface area contributed by atoms with Crippen LogP contribution in [0, 0.1) is 12.8 Å². The number of carboxylic acid groups (broad SMARTS) is 2. The first-order valence-corrected chi connectivity index (χ1v) is 13.7. The maximum Gasteiger partial charge on any atom is 0.349 e. The minimum atomic E-state index is -1.27. The summed E-state index contributed by atoms with van der Waals surface area (Å²) >= 11 is 7.39. The van der Waals surface area contributed by atoms with E-state index in [9.17, 15) is 19.5 Å². The molecular formula is C28H30ClN3O6S. The number of aliphatic carboxylic acids is 1. The van der Waals surface area contributed by atoms with Gasteiger partial charge in [0.2, 0.25) is 5.91 Å². The normalized spacial score (nSPS) is 14.4. The van der Waals surface area contributed by atoms with Crippen molar-refractivity contribution in [3.63, 3.8) is 0 Å². The third-order valence-electron chi connectivity index (χ3n) is 6.63. The lowest BCUT2D eigenvalue weighted by molar-refractivity contribution is -0.139. The highest BCUT2D eigenvalue weighted by molar-refractivity contribution is 7.18. The molecule has 11 heteroatoms. The highest BCUT2D eigenvalue weighted by Gasteiger charge is 2.32. The van der Waals surface area contributed by atoms with E-state index in [-0.39, 0.29) is 27.5 Å². The van der Waals surface area contributed by atoms with E-state index in [0.29, 0.717) is 16.1 Å². The number of carboxylic acids is 2. The van der Waals surface area contributed by atoms with E-state index >= 15 is 0 Å². The van der Waals surface area contributed by atoms with Gasteiger partial charge >= 0.3 is 11.9 Å². The number of anilines is 2. The van der Waals surface area contributed by atoms with Gasteiger partial charge in [-0.25, -0.2) is 9.59 Å². The molecule has 1 aliphatic heterocycles. The van der Waals surface area contributed by atoms with Crippen molar-refractivity contribution in [3.05, 3.63) is 64.0 Å². The van der Waals surface area contributed by atoms with Crippen LogP contribution < -0.4 is 20.3 Å². The molecule has 4 rings (SSSR count). The Morgan fingerprint density at radius 1 is 1.15 bits per heavy atom. The second-order valence-electron chi connectivity index (χ2n) is 9.42. The molecule has 1 amide bonds. The number of amides is 1. The average molecular weight is 572 g/mol. The summed E-state index contributed by atoms with van der Waals surface area (Å²) in [5, 5.41) is 25.4. The number of piperidine rings is 1. The maximum absolute atomic E-state index is 13.8. The number of rotatable bonds is 10. The molecule has 1 unspecified atom stereocenters. The fourth-order valence-corrected chi connectivity index (χ4v) is 6.05. The van der Waals surface area contributed by atoms with Gasteiger partial charge in [0.05, 0.1) is 4.88 Å². The molecule has 1 fully saturated rings. The summed E-state index contributed by atoms with van der Waals surface area (Å²) in [6, 6.07) is 14.5. The highest BCUT2D eigenvalue weighted by atomic mass is 35.5. The van der Waals surface area contributed by atoms with Crippen LogP contribution in [0.1, 0.15) is 28.1 Å². The summed E-state index contributed by atoms with van der Waals surface area (Å²) < 4.78 is 5.20. The number of carbonyl (C=O) groups is 3. The molecule has 1 aromatic heterocycles. The van der Waals surface area contributed by atoms with Gasteiger partial charge in [0.1, 0.15) is 11.1 Å². The van der Waals surface area contributed by atoms with Crippen molar-refractivity contribution in [2.24, 2.45) is 5.92 Å². The number of halogens is 1. The number of nitrogens with zero attached hydrogens (tertiary/aromatic N) is 1. The molecule has 2 heterocycles. The van der Waals surface area contributed by atoms with Gasteiger partial charge in [-0.2, -0.15) is 0 Å². The first-order valence-electron chi connectivity index (χ1n) is 12.5. The molecule has 9 nitrogen and oxygen atoms in total. The monoisotopic (exact) mass is 571 g/mol. The van der Waals surface area contributed by atoms with Crippen LogP contribution in [0.15, 0.2) is 48.5 Å². The Morgan fingerprint density at radius 3 is 2.54 bits per heavy atom. The molecule has 206 valence electrons. The molecule has 0 radical (unpaired) electrons. The van der Waals surface area contributed by atoms with Crippen molar-refractivity contribution < 1.29 is 29.3 Å². The zero-order valence-corrected chi connectivity index (χ0v) is 23.1. The molecule has 1 aliphatic rings. The third-order valence-corrected chi connectivity index (χ3v) is 8.31. The Balaban J connectivity index is 1.65. The van der Waals surface area contributed by atoms with Crippen molar-refractivity contribution in [1.82, 2.24) is 5.32 Å². The molecular weight excluding hydrogens is 542 g/mol. The van der Waals surface area contributed by atoms with Crippen LogP contribution in [0.4, 0.5) is 11.4 Å². The Hall–Kier alpha value is -3.60. The molecule has 4 N–H and O–H groups in total. The summed E-state index contributed by atoms with van der Waals surface area (Å²) in [7, 11) is 1.78.